The molecule has 3 heteroatoms. The Balaban J connectivity index is 2.50. The molecule has 2 nitrogen and oxygen atoms in total. The average Bonchev–Trinajstić information content (AvgIpc) is 2.36. The fourth-order valence-corrected chi connectivity index (χ4v) is 2.66. The van der Waals surface area contributed by atoms with Crippen LogP contribution < -0.4 is 5.32 Å². The minimum absolute atomic E-state index is 0.692. The summed E-state index contributed by atoms with van der Waals surface area (Å²) in [4.78, 5) is 4.51. The predicted molar refractivity (Wildman–Crippen MR) is 81.0 cm³/mol. The maximum absolute atomic E-state index is 4.51. The highest BCUT2D eigenvalue weighted by atomic mass is 32.2. The summed E-state index contributed by atoms with van der Waals surface area (Å²) in [5.74, 6) is 2.61. The van der Waals surface area contributed by atoms with Gasteiger partial charge < -0.3 is 5.32 Å². The van der Waals surface area contributed by atoms with Crippen LogP contribution in [0.3, 0.4) is 0 Å². The Morgan fingerprint density at radius 3 is 2.78 bits per heavy atom. The molecule has 0 aliphatic rings. The summed E-state index contributed by atoms with van der Waals surface area (Å²) in [7, 11) is 0. The summed E-state index contributed by atoms with van der Waals surface area (Å²) in [5.41, 5.74) is 1.33. The second-order valence-electron chi connectivity index (χ2n) is 5.32. The first kappa shape index (κ1) is 15.5. The SMILES string of the molecule is CCC(C)CSc1ncccc1CNCC(C)C. The highest BCUT2D eigenvalue weighted by Crippen LogP contribution is 2.23. The fourth-order valence-electron chi connectivity index (χ4n) is 1.52. The third-order valence-corrected chi connectivity index (χ3v) is 4.30. The molecule has 0 bridgehead atoms. The first-order chi connectivity index (χ1) is 8.63. The van der Waals surface area contributed by atoms with E-state index in [1.54, 1.807) is 0 Å². The summed E-state index contributed by atoms with van der Waals surface area (Å²) in [6, 6.07) is 4.21. The molecule has 0 aliphatic carbocycles. The molecule has 1 unspecified atom stereocenters. The fraction of sp³-hybridized carbons (Fsp3) is 0.667. The van der Waals surface area contributed by atoms with Gasteiger partial charge in [0, 0.05) is 18.5 Å². The van der Waals surface area contributed by atoms with Gasteiger partial charge in [-0.25, -0.2) is 4.98 Å². The molecule has 1 atom stereocenters. The Morgan fingerprint density at radius 2 is 2.11 bits per heavy atom. The van der Waals surface area contributed by atoms with E-state index in [1.165, 1.54) is 17.0 Å². The van der Waals surface area contributed by atoms with Crippen LogP contribution in [0, 0.1) is 11.8 Å². The molecule has 0 fully saturated rings. The van der Waals surface area contributed by atoms with E-state index in [9.17, 15) is 0 Å². The molecule has 1 rings (SSSR count). The van der Waals surface area contributed by atoms with Crippen molar-refractivity contribution in [3.8, 4) is 0 Å². The van der Waals surface area contributed by atoms with E-state index in [0.717, 1.165) is 24.8 Å². The normalized spacial score (nSPS) is 12.9. The van der Waals surface area contributed by atoms with Crippen molar-refractivity contribution >= 4 is 11.8 Å². The topological polar surface area (TPSA) is 24.9 Å². The minimum atomic E-state index is 0.692. The van der Waals surface area contributed by atoms with E-state index in [-0.39, 0.29) is 0 Å². The Kier molecular flexibility index (Phi) is 7.36. The number of rotatable bonds is 8. The van der Waals surface area contributed by atoms with E-state index in [0.29, 0.717) is 5.92 Å². The van der Waals surface area contributed by atoms with Crippen molar-refractivity contribution in [3.63, 3.8) is 0 Å². The molecule has 18 heavy (non-hydrogen) atoms. The van der Waals surface area contributed by atoms with Gasteiger partial charge in [-0.15, -0.1) is 11.8 Å². The summed E-state index contributed by atoms with van der Waals surface area (Å²) < 4.78 is 0. The smallest absolute Gasteiger partial charge is 0.100 e. The highest BCUT2D eigenvalue weighted by molar-refractivity contribution is 7.99. The summed E-state index contributed by atoms with van der Waals surface area (Å²) in [6.45, 7) is 11.0. The van der Waals surface area contributed by atoms with Gasteiger partial charge >= 0.3 is 0 Å². The maximum Gasteiger partial charge on any atom is 0.100 e. The van der Waals surface area contributed by atoms with Crippen LogP contribution >= 0.6 is 11.8 Å². The minimum Gasteiger partial charge on any atom is -0.312 e. The molecule has 1 N–H and O–H groups in total. The van der Waals surface area contributed by atoms with Crippen LogP contribution in [0.2, 0.25) is 0 Å². The van der Waals surface area contributed by atoms with Crippen LogP contribution in [0.5, 0.6) is 0 Å². The average molecular weight is 266 g/mol. The molecule has 0 amide bonds. The van der Waals surface area contributed by atoms with E-state index in [2.05, 4.69) is 44.1 Å². The molecule has 0 aromatic carbocycles. The van der Waals surface area contributed by atoms with Gasteiger partial charge in [0.2, 0.25) is 0 Å². The van der Waals surface area contributed by atoms with Crippen molar-refractivity contribution in [1.29, 1.82) is 0 Å². The third kappa shape index (κ3) is 5.87. The van der Waals surface area contributed by atoms with Crippen LogP contribution in [0.4, 0.5) is 0 Å². The van der Waals surface area contributed by atoms with Crippen LogP contribution in [-0.4, -0.2) is 17.3 Å². The lowest BCUT2D eigenvalue weighted by atomic mass is 10.2. The van der Waals surface area contributed by atoms with Crippen molar-refractivity contribution in [1.82, 2.24) is 10.3 Å². The molecule has 1 heterocycles. The van der Waals surface area contributed by atoms with Crippen molar-refractivity contribution in [2.24, 2.45) is 11.8 Å². The lowest BCUT2D eigenvalue weighted by Crippen LogP contribution is -2.19. The molecule has 1 aromatic heterocycles. The molecule has 0 saturated heterocycles. The summed E-state index contributed by atoms with van der Waals surface area (Å²) >= 11 is 1.89. The summed E-state index contributed by atoms with van der Waals surface area (Å²) in [5, 5.41) is 4.68. The number of pyridine rings is 1. The van der Waals surface area contributed by atoms with E-state index >= 15 is 0 Å². The molecular weight excluding hydrogens is 240 g/mol. The van der Waals surface area contributed by atoms with E-state index < -0.39 is 0 Å². The van der Waals surface area contributed by atoms with Gasteiger partial charge in [-0.3, -0.25) is 0 Å². The standard InChI is InChI=1S/C15H26N2S/c1-5-13(4)11-18-15-14(7-6-8-17-15)10-16-9-12(2)3/h6-8,12-13,16H,5,9-11H2,1-4H3. The molecule has 1 aromatic rings. The molecule has 0 saturated carbocycles. The number of thioether (sulfide) groups is 1. The molecule has 0 spiro atoms. The Morgan fingerprint density at radius 1 is 1.33 bits per heavy atom. The van der Waals surface area contributed by atoms with E-state index in [1.807, 2.05) is 24.0 Å². The number of nitrogens with zero attached hydrogens (tertiary/aromatic N) is 1. The molecule has 0 aliphatic heterocycles. The predicted octanol–water partition coefficient (Wildman–Crippen LogP) is 3.97. The van der Waals surface area contributed by atoms with Crippen molar-refractivity contribution in [2.45, 2.75) is 45.7 Å². The third-order valence-electron chi connectivity index (χ3n) is 2.92. The molecule has 0 radical (unpaired) electrons. The first-order valence-corrected chi connectivity index (χ1v) is 7.89. The van der Waals surface area contributed by atoms with Gasteiger partial charge in [-0.1, -0.05) is 40.2 Å². The zero-order chi connectivity index (χ0) is 13.4. The van der Waals surface area contributed by atoms with E-state index in [4.69, 9.17) is 0 Å². The van der Waals surface area contributed by atoms with Gasteiger partial charge in [0.15, 0.2) is 0 Å². The van der Waals surface area contributed by atoms with Crippen molar-refractivity contribution in [2.75, 3.05) is 12.3 Å². The van der Waals surface area contributed by atoms with Crippen LogP contribution in [0.25, 0.3) is 0 Å². The Hall–Kier alpha value is -0.540. The second-order valence-corrected chi connectivity index (χ2v) is 6.33. The Labute approximate surface area is 116 Å². The maximum atomic E-state index is 4.51. The summed E-state index contributed by atoms with van der Waals surface area (Å²) in [6.07, 6.45) is 3.13. The number of nitrogens with one attached hydrogen (secondary N) is 1. The monoisotopic (exact) mass is 266 g/mol. The van der Waals surface area contributed by atoms with Gasteiger partial charge in [0.25, 0.3) is 0 Å². The largest absolute Gasteiger partial charge is 0.312 e. The number of hydrogen-bond donors (Lipinski definition) is 1. The van der Waals surface area contributed by atoms with Crippen LogP contribution in [-0.2, 0) is 6.54 Å². The lowest BCUT2D eigenvalue weighted by molar-refractivity contribution is 0.548. The number of aromatic nitrogens is 1. The van der Waals surface area contributed by atoms with Gasteiger partial charge in [0.05, 0.1) is 0 Å². The second kappa shape index (κ2) is 8.54. The van der Waals surface area contributed by atoms with Gasteiger partial charge in [0.1, 0.15) is 5.03 Å². The number of hydrogen-bond acceptors (Lipinski definition) is 3. The van der Waals surface area contributed by atoms with Crippen LogP contribution in [0.1, 0.15) is 39.7 Å². The Bertz CT molecular complexity index is 339. The first-order valence-electron chi connectivity index (χ1n) is 6.90. The van der Waals surface area contributed by atoms with Gasteiger partial charge in [-0.2, -0.15) is 0 Å². The van der Waals surface area contributed by atoms with Gasteiger partial charge in [-0.05, 0) is 30.0 Å². The molecular formula is C15H26N2S. The molecule has 102 valence electrons. The zero-order valence-corrected chi connectivity index (χ0v) is 12.9. The van der Waals surface area contributed by atoms with Crippen molar-refractivity contribution < 1.29 is 0 Å². The van der Waals surface area contributed by atoms with Crippen LogP contribution in [0.15, 0.2) is 23.4 Å². The highest BCUT2D eigenvalue weighted by Gasteiger charge is 2.06. The quantitative estimate of drug-likeness (QED) is 0.721. The van der Waals surface area contributed by atoms with Crippen molar-refractivity contribution in [3.05, 3.63) is 23.9 Å². The lowest BCUT2D eigenvalue weighted by Gasteiger charge is -2.12. The zero-order valence-electron chi connectivity index (χ0n) is 12.1.